The molecule has 0 spiro atoms. The molecule has 1 aromatic carbocycles. The van der Waals surface area contributed by atoms with Crippen molar-refractivity contribution in [2.75, 3.05) is 20.6 Å². The van der Waals surface area contributed by atoms with Crippen LogP contribution >= 0.6 is 0 Å². The van der Waals surface area contributed by atoms with Gasteiger partial charge in [-0.2, -0.15) is 5.10 Å². The van der Waals surface area contributed by atoms with E-state index >= 15 is 0 Å². The molecule has 29 heavy (non-hydrogen) atoms. The van der Waals surface area contributed by atoms with Crippen molar-refractivity contribution in [3.63, 3.8) is 0 Å². The summed E-state index contributed by atoms with van der Waals surface area (Å²) in [5.74, 6) is -0.531. The summed E-state index contributed by atoms with van der Waals surface area (Å²) >= 11 is 0. The summed E-state index contributed by atoms with van der Waals surface area (Å²) in [5, 5.41) is 4.42. The number of hydrogen-bond donors (Lipinski definition) is 0. The summed E-state index contributed by atoms with van der Waals surface area (Å²) in [6.07, 6.45) is 3.38. The summed E-state index contributed by atoms with van der Waals surface area (Å²) in [5.41, 5.74) is 2.78. The normalized spacial score (nSPS) is 13.6. The lowest BCUT2D eigenvalue weighted by Crippen LogP contribution is -2.39. The van der Waals surface area contributed by atoms with Crippen molar-refractivity contribution in [3.05, 3.63) is 81.8 Å². The maximum Gasteiger partial charge on any atom is 0.255 e. The highest BCUT2D eigenvalue weighted by molar-refractivity contribution is 5.94. The van der Waals surface area contributed by atoms with Crippen molar-refractivity contribution >= 4 is 5.91 Å². The van der Waals surface area contributed by atoms with E-state index in [1.165, 1.54) is 47.2 Å². The molecule has 0 fully saturated rings. The lowest BCUT2D eigenvalue weighted by Gasteiger charge is -2.29. The van der Waals surface area contributed by atoms with Crippen LogP contribution in [0.1, 0.15) is 21.6 Å². The van der Waals surface area contributed by atoms with Crippen LogP contribution in [-0.4, -0.2) is 50.7 Å². The number of aromatic nitrogens is 3. The summed E-state index contributed by atoms with van der Waals surface area (Å²) < 4.78 is 16.5. The van der Waals surface area contributed by atoms with Gasteiger partial charge in [0.25, 0.3) is 11.5 Å². The lowest BCUT2D eigenvalue weighted by atomic mass is 10.1. The van der Waals surface area contributed by atoms with Crippen LogP contribution in [0.4, 0.5) is 4.39 Å². The SMILES string of the molecule is CN(C)Cc1cnn2c1CN(C(=O)c1ccc(=O)n(-c3ccc(F)cc3)c1)CC2. The second-order valence-corrected chi connectivity index (χ2v) is 7.41. The molecule has 3 heterocycles. The highest BCUT2D eigenvalue weighted by atomic mass is 19.1. The van der Waals surface area contributed by atoms with Gasteiger partial charge in [-0.05, 0) is 44.4 Å². The van der Waals surface area contributed by atoms with E-state index < -0.39 is 0 Å². The van der Waals surface area contributed by atoms with E-state index in [2.05, 4.69) is 10.00 Å². The standard InChI is InChI=1S/C21H22FN5O2/c1-24(2)12-16-11-23-27-10-9-25(14-19(16)27)21(29)15-3-8-20(28)26(13-15)18-6-4-17(22)5-7-18/h3-8,11,13H,9-10,12,14H2,1-2H3. The summed E-state index contributed by atoms with van der Waals surface area (Å²) in [7, 11) is 3.99. The highest BCUT2D eigenvalue weighted by Crippen LogP contribution is 2.19. The number of fused-ring (bicyclic) bond motifs is 1. The Labute approximate surface area is 167 Å². The van der Waals surface area contributed by atoms with E-state index in [9.17, 15) is 14.0 Å². The zero-order valence-corrected chi connectivity index (χ0v) is 16.4. The molecule has 1 aliphatic rings. The number of pyridine rings is 1. The molecule has 0 saturated carbocycles. The van der Waals surface area contributed by atoms with E-state index in [0.717, 1.165) is 17.8 Å². The molecule has 0 bridgehead atoms. The maximum atomic E-state index is 13.2. The van der Waals surface area contributed by atoms with Crippen LogP contribution in [0.5, 0.6) is 0 Å². The average molecular weight is 395 g/mol. The Morgan fingerprint density at radius 3 is 2.62 bits per heavy atom. The molecule has 3 aromatic rings. The van der Waals surface area contributed by atoms with E-state index in [1.807, 2.05) is 25.0 Å². The molecule has 0 atom stereocenters. The Kier molecular flexibility index (Phi) is 5.02. The molecule has 7 nitrogen and oxygen atoms in total. The van der Waals surface area contributed by atoms with Gasteiger partial charge in [-0.25, -0.2) is 4.39 Å². The van der Waals surface area contributed by atoms with Gasteiger partial charge in [0.15, 0.2) is 0 Å². The smallest absolute Gasteiger partial charge is 0.255 e. The van der Waals surface area contributed by atoms with Crippen LogP contribution in [0, 0.1) is 5.82 Å². The van der Waals surface area contributed by atoms with Gasteiger partial charge < -0.3 is 9.80 Å². The quantitative estimate of drug-likeness (QED) is 0.677. The second-order valence-electron chi connectivity index (χ2n) is 7.41. The van der Waals surface area contributed by atoms with Gasteiger partial charge in [-0.3, -0.25) is 18.8 Å². The van der Waals surface area contributed by atoms with E-state index in [0.29, 0.717) is 30.9 Å². The number of amides is 1. The molecule has 0 radical (unpaired) electrons. The van der Waals surface area contributed by atoms with Crippen molar-refractivity contribution in [1.29, 1.82) is 0 Å². The first-order valence-electron chi connectivity index (χ1n) is 9.38. The first-order valence-corrected chi connectivity index (χ1v) is 9.38. The van der Waals surface area contributed by atoms with Gasteiger partial charge in [0.2, 0.25) is 0 Å². The Balaban J connectivity index is 1.61. The van der Waals surface area contributed by atoms with Gasteiger partial charge in [-0.15, -0.1) is 0 Å². The number of carbonyl (C=O) groups is 1. The molecule has 0 aliphatic carbocycles. The molecule has 1 amide bonds. The summed E-state index contributed by atoms with van der Waals surface area (Å²) in [6, 6.07) is 8.50. The van der Waals surface area contributed by atoms with Crippen LogP contribution in [-0.2, 0) is 19.6 Å². The van der Waals surface area contributed by atoms with Crippen LogP contribution in [0.3, 0.4) is 0 Å². The van der Waals surface area contributed by atoms with Crippen LogP contribution < -0.4 is 5.56 Å². The molecule has 0 unspecified atom stereocenters. The van der Waals surface area contributed by atoms with E-state index in [1.54, 1.807) is 4.90 Å². The Hall–Kier alpha value is -3.26. The third-order valence-electron chi connectivity index (χ3n) is 4.99. The number of halogens is 1. The molecule has 0 N–H and O–H groups in total. The molecule has 150 valence electrons. The highest BCUT2D eigenvalue weighted by Gasteiger charge is 2.25. The number of nitrogens with zero attached hydrogens (tertiary/aromatic N) is 5. The van der Waals surface area contributed by atoms with Crippen molar-refractivity contribution < 1.29 is 9.18 Å². The Bertz CT molecular complexity index is 1100. The molecule has 8 heteroatoms. The summed E-state index contributed by atoms with van der Waals surface area (Å²) in [4.78, 5) is 29.2. The Morgan fingerprint density at radius 1 is 1.14 bits per heavy atom. The minimum Gasteiger partial charge on any atom is -0.331 e. The fraction of sp³-hybridized carbons (Fsp3) is 0.286. The first-order chi connectivity index (χ1) is 13.9. The minimum absolute atomic E-state index is 0.149. The third kappa shape index (κ3) is 3.84. The largest absolute Gasteiger partial charge is 0.331 e. The number of carbonyl (C=O) groups excluding carboxylic acids is 1. The van der Waals surface area contributed by atoms with Crippen molar-refractivity contribution in [1.82, 2.24) is 24.1 Å². The van der Waals surface area contributed by atoms with Crippen LogP contribution in [0.2, 0.25) is 0 Å². The topological polar surface area (TPSA) is 63.4 Å². The number of hydrogen-bond acceptors (Lipinski definition) is 4. The minimum atomic E-state index is -0.382. The average Bonchev–Trinajstić information content (AvgIpc) is 3.10. The monoisotopic (exact) mass is 395 g/mol. The fourth-order valence-corrected chi connectivity index (χ4v) is 3.55. The molecule has 2 aromatic heterocycles. The first kappa shape index (κ1) is 19.1. The molecule has 0 saturated heterocycles. The number of rotatable bonds is 4. The molecular formula is C21H22FN5O2. The zero-order valence-electron chi connectivity index (χ0n) is 16.4. The molecule has 4 rings (SSSR count). The van der Waals surface area contributed by atoms with Crippen LogP contribution in [0.25, 0.3) is 5.69 Å². The van der Waals surface area contributed by atoms with Gasteiger partial charge in [0.1, 0.15) is 5.82 Å². The molecule has 1 aliphatic heterocycles. The van der Waals surface area contributed by atoms with E-state index in [-0.39, 0.29) is 17.3 Å². The van der Waals surface area contributed by atoms with Crippen molar-refractivity contribution in [2.45, 2.75) is 19.6 Å². The molecular weight excluding hydrogens is 373 g/mol. The Morgan fingerprint density at radius 2 is 1.90 bits per heavy atom. The van der Waals surface area contributed by atoms with Gasteiger partial charge in [-0.1, -0.05) is 0 Å². The predicted octanol–water partition coefficient (Wildman–Crippen LogP) is 1.89. The lowest BCUT2D eigenvalue weighted by molar-refractivity contribution is 0.0704. The van der Waals surface area contributed by atoms with Gasteiger partial charge in [0.05, 0.1) is 30.5 Å². The second kappa shape index (κ2) is 7.63. The zero-order chi connectivity index (χ0) is 20.5. The van der Waals surface area contributed by atoms with E-state index in [4.69, 9.17) is 0 Å². The van der Waals surface area contributed by atoms with Crippen molar-refractivity contribution in [3.8, 4) is 5.69 Å². The number of benzene rings is 1. The maximum absolute atomic E-state index is 13.2. The predicted molar refractivity (Wildman–Crippen MR) is 106 cm³/mol. The fourth-order valence-electron chi connectivity index (χ4n) is 3.55. The summed E-state index contributed by atoms with van der Waals surface area (Å²) in [6.45, 7) is 2.40. The third-order valence-corrected chi connectivity index (χ3v) is 4.99. The van der Waals surface area contributed by atoms with Gasteiger partial charge >= 0.3 is 0 Å². The van der Waals surface area contributed by atoms with Gasteiger partial charge in [0, 0.05) is 36.6 Å². The van der Waals surface area contributed by atoms with Crippen LogP contribution in [0.15, 0.2) is 53.6 Å². The van der Waals surface area contributed by atoms with Crippen molar-refractivity contribution in [2.24, 2.45) is 0 Å².